The molecule has 0 unspecified atom stereocenters. The summed E-state index contributed by atoms with van der Waals surface area (Å²) < 4.78 is 6.08. The minimum Gasteiger partial charge on any atom is -0.616 e. The van der Waals surface area contributed by atoms with E-state index in [2.05, 4.69) is 20.8 Å². The first-order valence-corrected chi connectivity index (χ1v) is 4.30. The zero-order chi connectivity index (χ0) is 9.90. The van der Waals surface area contributed by atoms with Gasteiger partial charge in [0.2, 0.25) is 0 Å². The second-order valence-corrected chi connectivity index (χ2v) is 4.21. The molecule has 0 aliphatic heterocycles. The fourth-order valence-corrected chi connectivity index (χ4v) is 0.815. The van der Waals surface area contributed by atoms with Gasteiger partial charge in [-0.2, -0.15) is 0 Å². The fourth-order valence-electron chi connectivity index (χ4n) is 0.815. The molecule has 3 nitrogen and oxygen atoms in total. The van der Waals surface area contributed by atoms with Gasteiger partial charge in [0.1, 0.15) is 0 Å². The van der Waals surface area contributed by atoms with Gasteiger partial charge < -0.3 is 9.94 Å². The van der Waals surface area contributed by atoms with Crippen LogP contribution in [-0.2, 0) is 0 Å². The van der Waals surface area contributed by atoms with Crippen molar-refractivity contribution < 1.29 is 9.47 Å². The minimum atomic E-state index is 0.0723. The number of hydrogen-bond donors (Lipinski definition) is 0. The van der Waals surface area contributed by atoms with Crippen molar-refractivity contribution in [2.45, 2.75) is 20.8 Å². The van der Waals surface area contributed by atoms with Crippen LogP contribution >= 0.6 is 0 Å². The average molecular weight is 181 g/mol. The summed E-state index contributed by atoms with van der Waals surface area (Å²) in [5, 5.41) is 11.1. The van der Waals surface area contributed by atoms with Crippen LogP contribution in [0.3, 0.4) is 0 Å². The number of nitrogens with zero attached hydrogens (tertiary/aromatic N) is 1. The predicted octanol–water partition coefficient (Wildman–Crippen LogP) is 1.74. The van der Waals surface area contributed by atoms with Crippen molar-refractivity contribution in [3.63, 3.8) is 0 Å². The van der Waals surface area contributed by atoms with E-state index in [0.29, 0.717) is 12.5 Å². The van der Waals surface area contributed by atoms with Gasteiger partial charge in [0, 0.05) is 6.07 Å². The number of rotatable bonds is 2. The lowest BCUT2D eigenvalue weighted by atomic mass is 9.99. The summed E-state index contributed by atoms with van der Waals surface area (Å²) >= 11 is 0. The summed E-state index contributed by atoms with van der Waals surface area (Å²) in [5.74, 6) is 0.359. The van der Waals surface area contributed by atoms with E-state index in [4.69, 9.17) is 4.74 Å². The third-order valence-corrected chi connectivity index (χ3v) is 1.44. The number of hydrogen-bond acceptors (Lipinski definition) is 2. The maximum Gasteiger partial charge on any atom is 0.379 e. The van der Waals surface area contributed by atoms with Crippen molar-refractivity contribution in [1.29, 1.82) is 0 Å². The smallest absolute Gasteiger partial charge is 0.379 e. The monoisotopic (exact) mass is 181 g/mol. The first kappa shape index (κ1) is 9.84. The van der Waals surface area contributed by atoms with Crippen LogP contribution in [0.4, 0.5) is 0 Å². The van der Waals surface area contributed by atoms with Gasteiger partial charge in [0.15, 0.2) is 6.20 Å². The first-order valence-electron chi connectivity index (χ1n) is 4.30. The fraction of sp³-hybridized carbons (Fsp3) is 0.500. The Labute approximate surface area is 78.5 Å². The van der Waals surface area contributed by atoms with Crippen LogP contribution in [0.5, 0.6) is 5.88 Å². The molecular weight excluding hydrogens is 166 g/mol. The molecule has 0 radical (unpaired) electrons. The lowest BCUT2D eigenvalue weighted by Gasteiger charge is -2.17. The van der Waals surface area contributed by atoms with Gasteiger partial charge >= 0.3 is 5.88 Å². The van der Waals surface area contributed by atoms with E-state index in [1.807, 2.05) is 0 Å². The third-order valence-electron chi connectivity index (χ3n) is 1.44. The van der Waals surface area contributed by atoms with Crippen molar-refractivity contribution in [2.75, 3.05) is 6.61 Å². The van der Waals surface area contributed by atoms with Gasteiger partial charge in [0.05, 0.1) is 12.7 Å². The van der Waals surface area contributed by atoms with Crippen LogP contribution in [0.1, 0.15) is 20.8 Å². The van der Waals surface area contributed by atoms with E-state index in [-0.39, 0.29) is 5.41 Å². The molecule has 0 fully saturated rings. The SMILES string of the molecule is CC(C)(C)COc1cccc[n+]1[O-]. The molecule has 0 aliphatic rings. The molecule has 0 atom stereocenters. The highest BCUT2D eigenvalue weighted by Crippen LogP contribution is 2.14. The molecule has 0 bridgehead atoms. The summed E-state index contributed by atoms with van der Waals surface area (Å²) in [6.45, 7) is 6.72. The third kappa shape index (κ3) is 3.32. The second-order valence-electron chi connectivity index (χ2n) is 4.21. The number of ether oxygens (including phenoxy) is 1. The highest BCUT2D eigenvalue weighted by atomic mass is 16.5. The van der Waals surface area contributed by atoms with Crippen molar-refractivity contribution in [3.05, 3.63) is 29.6 Å². The quantitative estimate of drug-likeness (QED) is 0.514. The molecule has 1 aromatic rings. The maximum absolute atomic E-state index is 11.1. The van der Waals surface area contributed by atoms with E-state index in [0.717, 1.165) is 4.73 Å². The van der Waals surface area contributed by atoms with Crippen LogP contribution in [-0.4, -0.2) is 6.61 Å². The Kier molecular flexibility index (Phi) is 2.76. The molecule has 0 saturated heterocycles. The lowest BCUT2D eigenvalue weighted by Crippen LogP contribution is -2.30. The Morgan fingerprint density at radius 3 is 2.62 bits per heavy atom. The Morgan fingerprint density at radius 2 is 2.08 bits per heavy atom. The van der Waals surface area contributed by atoms with Crippen LogP contribution < -0.4 is 9.47 Å². The molecule has 72 valence electrons. The molecule has 1 rings (SSSR count). The molecular formula is C10H15NO2. The van der Waals surface area contributed by atoms with Gasteiger partial charge in [-0.05, 0) is 11.5 Å². The summed E-state index contributed by atoms with van der Waals surface area (Å²) in [6.07, 6.45) is 1.43. The Balaban J connectivity index is 2.60. The van der Waals surface area contributed by atoms with Crippen molar-refractivity contribution in [2.24, 2.45) is 5.41 Å². The Bertz CT molecular complexity index is 278. The van der Waals surface area contributed by atoms with Gasteiger partial charge in [-0.15, -0.1) is 4.73 Å². The molecule has 0 saturated carbocycles. The van der Waals surface area contributed by atoms with Gasteiger partial charge in [-0.25, -0.2) is 0 Å². The zero-order valence-corrected chi connectivity index (χ0v) is 8.28. The topological polar surface area (TPSA) is 36.2 Å². The van der Waals surface area contributed by atoms with Crippen molar-refractivity contribution in [1.82, 2.24) is 0 Å². The van der Waals surface area contributed by atoms with E-state index in [9.17, 15) is 5.21 Å². The van der Waals surface area contributed by atoms with Crippen molar-refractivity contribution in [3.8, 4) is 5.88 Å². The Morgan fingerprint density at radius 1 is 1.38 bits per heavy atom. The highest BCUT2D eigenvalue weighted by molar-refractivity contribution is 5.02. The van der Waals surface area contributed by atoms with Crippen molar-refractivity contribution >= 4 is 0 Å². The molecule has 0 spiro atoms. The molecule has 3 heteroatoms. The molecule has 0 aromatic carbocycles. The van der Waals surface area contributed by atoms with Gasteiger partial charge in [-0.3, -0.25) is 0 Å². The van der Waals surface area contributed by atoms with Crippen LogP contribution in [0, 0.1) is 10.6 Å². The van der Waals surface area contributed by atoms with E-state index in [1.54, 1.807) is 18.2 Å². The van der Waals surface area contributed by atoms with Crippen LogP contribution in [0.25, 0.3) is 0 Å². The predicted molar refractivity (Wildman–Crippen MR) is 50.4 cm³/mol. The normalized spacial score (nSPS) is 11.3. The summed E-state index contributed by atoms with van der Waals surface area (Å²) in [6, 6.07) is 5.13. The van der Waals surface area contributed by atoms with Gasteiger partial charge in [0.25, 0.3) is 0 Å². The van der Waals surface area contributed by atoms with E-state index < -0.39 is 0 Å². The van der Waals surface area contributed by atoms with E-state index >= 15 is 0 Å². The lowest BCUT2D eigenvalue weighted by molar-refractivity contribution is -0.613. The molecule has 1 heterocycles. The number of pyridine rings is 1. The van der Waals surface area contributed by atoms with Crippen LogP contribution in [0.2, 0.25) is 0 Å². The molecule has 0 amide bonds. The number of aromatic nitrogens is 1. The maximum atomic E-state index is 11.1. The van der Waals surface area contributed by atoms with Gasteiger partial charge in [-0.1, -0.05) is 20.8 Å². The minimum absolute atomic E-state index is 0.0723. The highest BCUT2D eigenvalue weighted by Gasteiger charge is 2.13. The summed E-state index contributed by atoms with van der Waals surface area (Å²) in [4.78, 5) is 0. The summed E-state index contributed by atoms with van der Waals surface area (Å²) in [7, 11) is 0. The van der Waals surface area contributed by atoms with Crippen LogP contribution in [0.15, 0.2) is 24.4 Å². The second kappa shape index (κ2) is 3.64. The standard InChI is InChI=1S/C10H15NO2/c1-10(2,3)8-13-9-6-4-5-7-11(9)12/h4-7H,8H2,1-3H3. The zero-order valence-electron chi connectivity index (χ0n) is 8.28. The molecule has 0 aliphatic carbocycles. The molecule has 1 aromatic heterocycles. The average Bonchev–Trinajstić information content (AvgIpc) is 2.01. The molecule has 0 N–H and O–H groups in total. The summed E-state index contributed by atoms with van der Waals surface area (Å²) in [5.41, 5.74) is 0.0723. The molecule has 13 heavy (non-hydrogen) atoms. The Hall–Kier alpha value is -1.25. The van der Waals surface area contributed by atoms with E-state index in [1.165, 1.54) is 6.20 Å². The first-order chi connectivity index (χ1) is 5.99. The largest absolute Gasteiger partial charge is 0.616 e.